The molecular weight excluding hydrogens is 393 g/mol. The van der Waals surface area contributed by atoms with E-state index in [1.54, 1.807) is 12.1 Å². The number of thioether (sulfide) groups is 1. The van der Waals surface area contributed by atoms with Gasteiger partial charge < -0.3 is 0 Å². The lowest BCUT2D eigenvalue weighted by atomic mass is 9.95. The maximum absolute atomic E-state index is 14.2. The minimum atomic E-state index is -0.275. The molecule has 0 radical (unpaired) electrons. The number of hydrogen-bond donors (Lipinski definition) is 0. The third-order valence-electron chi connectivity index (χ3n) is 5.40. The normalized spacial score (nSPS) is 15.1. The van der Waals surface area contributed by atoms with Gasteiger partial charge in [0.2, 0.25) is 0 Å². The molecule has 1 fully saturated rings. The second kappa shape index (κ2) is 8.66. The molecule has 0 aliphatic heterocycles. The summed E-state index contributed by atoms with van der Waals surface area (Å²) in [5.41, 5.74) is 2.81. The Labute approximate surface area is 174 Å². The van der Waals surface area contributed by atoms with Crippen molar-refractivity contribution >= 4 is 23.4 Å². The van der Waals surface area contributed by atoms with Gasteiger partial charge >= 0.3 is 0 Å². The highest BCUT2D eigenvalue weighted by atomic mass is 35.5. The molecule has 3 aromatic rings. The summed E-state index contributed by atoms with van der Waals surface area (Å²) >= 11 is 7.72. The topological polar surface area (TPSA) is 30.7 Å². The maximum Gasteiger partial charge on any atom is 0.192 e. The zero-order valence-corrected chi connectivity index (χ0v) is 17.4. The molecule has 1 saturated carbocycles. The van der Waals surface area contributed by atoms with E-state index in [0.717, 1.165) is 29.4 Å². The number of benzene rings is 2. The van der Waals surface area contributed by atoms with Crippen molar-refractivity contribution in [2.45, 2.75) is 56.0 Å². The summed E-state index contributed by atoms with van der Waals surface area (Å²) < 4.78 is 16.5. The van der Waals surface area contributed by atoms with Crippen LogP contribution in [0.2, 0.25) is 5.02 Å². The van der Waals surface area contributed by atoms with Crippen molar-refractivity contribution in [3.05, 3.63) is 64.4 Å². The molecule has 1 aromatic heterocycles. The molecule has 4 rings (SSSR count). The van der Waals surface area contributed by atoms with Crippen molar-refractivity contribution < 1.29 is 4.39 Å². The van der Waals surface area contributed by atoms with Crippen molar-refractivity contribution in [1.82, 2.24) is 14.8 Å². The molecule has 0 saturated heterocycles. The number of aromatic nitrogens is 3. The van der Waals surface area contributed by atoms with Crippen LogP contribution in [0.15, 0.2) is 47.6 Å². The van der Waals surface area contributed by atoms with Crippen LogP contribution < -0.4 is 0 Å². The smallest absolute Gasteiger partial charge is 0.192 e. The molecular formula is C22H23ClFN3S. The van der Waals surface area contributed by atoms with Gasteiger partial charge in [-0.25, -0.2) is 4.39 Å². The van der Waals surface area contributed by atoms with E-state index in [-0.39, 0.29) is 5.82 Å². The van der Waals surface area contributed by atoms with Crippen LogP contribution in [0.5, 0.6) is 0 Å². The Morgan fingerprint density at radius 2 is 1.86 bits per heavy atom. The molecule has 2 aromatic carbocycles. The van der Waals surface area contributed by atoms with Crippen LogP contribution in [0.4, 0.5) is 4.39 Å². The van der Waals surface area contributed by atoms with Crippen LogP contribution in [0.3, 0.4) is 0 Å². The van der Waals surface area contributed by atoms with Crippen molar-refractivity contribution in [1.29, 1.82) is 0 Å². The lowest BCUT2D eigenvalue weighted by Crippen LogP contribution is -2.15. The molecule has 1 heterocycles. The molecule has 1 aliphatic carbocycles. The summed E-state index contributed by atoms with van der Waals surface area (Å²) in [4.78, 5) is 0. The zero-order chi connectivity index (χ0) is 19.5. The van der Waals surface area contributed by atoms with Crippen LogP contribution in [0, 0.1) is 12.7 Å². The monoisotopic (exact) mass is 415 g/mol. The Balaban J connectivity index is 1.70. The van der Waals surface area contributed by atoms with Crippen molar-refractivity contribution in [3.8, 4) is 11.4 Å². The van der Waals surface area contributed by atoms with Gasteiger partial charge in [-0.3, -0.25) is 4.57 Å². The summed E-state index contributed by atoms with van der Waals surface area (Å²) in [5, 5.41) is 10.3. The lowest BCUT2D eigenvalue weighted by molar-refractivity contribution is 0.339. The molecule has 0 bridgehead atoms. The number of aryl methyl sites for hydroxylation is 1. The van der Waals surface area contributed by atoms with Crippen molar-refractivity contribution in [3.63, 3.8) is 0 Å². The fourth-order valence-corrected chi connectivity index (χ4v) is 5.21. The van der Waals surface area contributed by atoms with Gasteiger partial charge in [0, 0.05) is 27.9 Å². The quantitative estimate of drug-likeness (QED) is 0.427. The largest absolute Gasteiger partial charge is 0.299 e. The molecule has 28 heavy (non-hydrogen) atoms. The Morgan fingerprint density at radius 1 is 1.07 bits per heavy atom. The van der Waals surface area contributed by atoms with E-state index in [0.29, 0.717) is 22.4 Å². The average molecular weight is 416 g/mol. The van der Waals surface area contributed by atoms with E-state index in [2.05, 4.69) is 33.8 Å². The lowest BCUT2D eigenvalue weighted by Gasteiger charge is -2.26. The molecule has 6 heteroatoms. The SMILES string of the molecule is Cc1ccccc1-c1nnc(SCc2c(F)cccc2Cl)n1C1CCCCC1. The van der Waals surface area contributed by atoms with E-state index >= 15 is 0 Å². The van der Waals surface area contributed by atoms with Gasteiger partial charge in [0.1, 0.15) is 5.82 Å². The summed E-state index contributed by atoms with van der Waals surface area (Å²) in [5.74, 6) is 1.07. The van der Waals surface area contributed by atoms with Gasteiger partial charge in [0.25, 0.3) is 0 Å². The standard InChI is InChI=1S/C22H23ClFN3S/c1-15-8-5-6-11-17(15)21-25-26-22(27(21)16-9-3-2-4-10-16)28-14-18-19(23)12-7-13-20(18)24/h5-8,11-13,16H,2-4,9-10,14H2,1H3. The summed E-state index contributed by atoms with van der Waals surface area (Å²) in [7, 11) is 0. The van der Waals surface area contributed by atoms with E-state index < -0.39 is 0 Å². The van der Waals surface area contributed by atoms with Crippen LogP contribution in [0.1, 0.15) is 49.3 Å². The van der Waals surface area contributed by atoms with E-state index in [9.17, 15) is 4.39 Å². The first-order chi connectivity index (χ1) is 13.6. The summed E-state index contributed by atoms with van der Waals surface area (Å²) in [6, 6.07) is 13.5. The molecule has 0 spiro atoms. The van der Waals surface area contributed by atoms with Gasteiger partial charge in [0.15, 0.2) is 11.0 Å². The van der Waals surface area contributed by atoms with Gasteiger partial charge in [-0.1, -0.05) is 73.0 Å². The van der Waals surface area contributed by atoms with E-state index in [1.807, 2.05) is 12.1 Å². The predicted octanol–water partition coefficient (Wildman–Crippen LogP) is 6.84. The molecule has 0 N–H and O–H groups in total. The number of rotatable bonds is 5. The Kier molecular flexibility index (Phi) is 6.02. The Hall–Kier alpha value is -1.85. The highest BCUT2D eigenvalue weighted by molar-refractivity contribution is 7.98. The third kappa shape index (κ3) is 3.96. The molecule has 3 nitrogen and oxygen atoms in total. The maximum atomic E-state index is 14.2. The van der Waals surface area contributed by atoms with E-state index in [4.69, 9.17) is 11.6 Å². The molecule has 0 atom stereocenters. The summed E-state index contributed by atoms with van der Waals surface area (Å²) in [6.45, 7) is 2.10. The highest BCUT2D eigenvalue weighted by Crippen LogP contribution is 2.37. The zero-order valence-electron chi connectivity index (χ0n) is 15.9. The van der Waals surface area contributed by atoms with Gasteiger partial charge in [-0.2, -0.15) is 0 Å². The molecule has 1 aliphatic rings. The van der Waals surface area contributed by atoms with Crippen LogP contribution in [-0.4, -0.2) is 14.8 Å². The highest BCUT2D eigenvalue weighted by Gasteiger charge is 2.24. The number of halogens is 2. The fourth-order valence-electron chi connectivity index (χ4n) is 3.86. The average Bonchev–Trinajstić information content (AvgIpc) is 3.12. The molecule has 146 valence electrons. The Bertz CT molecular complexity index is 946. The van der Waals surface area contributed by atoms with Gasteiger partial charge in [0.05, 0.1) is 0 Å². The predicted molar refractivity (Wildman–Crippen MR) is 113 cm³/mol. The van der Waals surface area contributed by atoms with Crippen LogP contribution in [0.25, 0.3) is 11.4 Å². The summed E-state index contributed by atoms with van der Waals surface area (Å²) in [6.07, 6.45) is 5.99. The first kappa shape index (κ1) is 19.5. The van der Waals surface area contributed by atoms with Crippen molar-refractivity contribution in [2.75, 3.05) is 0 Å². The minimum absolute atomic E-state index is 0.275. The third-order valence-corrected chi connectivity index (χ3v) is 6.72. The van der Waals surface area contributed by atoms with E-state index in [1.165, 1.54) is 42.7 Å². The number of nitrogens with zero attached hydrogens (tertiary/aromatic N) is 3. The first-order valence-electron chi connectivity index (χ1n) is 9.71. The van der Waals surface area contributed by atoms with Gasteiger partial charge in [-0.15, -0.1) is 10.2 Å². The first-order valence-corrected chi connectivity index (χ1v) is 11.1. The number of hydrogen-bond acceptors (Lipinski definition) is 3. The van der Waals surface area contributed by atoms with Crippen LogP contribution in [-0.2, 0) is 5.75 Å². The fraction of sp³-hybridized carbons (Fsp3) is 0.364. The van der Waals surface area contributed by atoms with Crippen molar-refractivity contribution in [2.24, 2.45) is 0 Å². The van der Waals surface area contributed by atoms with Crippen LogP contribution >= 0.6 is 23.4 Å². The van der Waals surface area contributed by atoms with Gasteiger partial charge in [-0.05, 0) is 37.5 Å². The second-order valence-corrected chi connectivity index (χ2v) is 8.62. The Morgan fingerprint density at radius 3 is 2.61 bits per heavy atom. The minimum Gasteiger partial charge on any atom is -0.299 e. The second-order valence-electron chi connectivity index (χ2n) is 7.27. The molecule has 0 unspecified atom stereocenters. The molecule has 0 amide bonds.